The fourth-order valence-electron chi connectivity index (χ4n) is 3.24. The third-order valence-electron chi connectivity index (χ3n) is 4.59. The number of nitrogens with one attached hydrogen (secondary N) is 1. The molecular formula is C16H30N2O4. The topological polar surface area (TPSA) is 102 Å². The summed E-state index contributed by atoms with van der Waals surface area (Å²) >= 11 is 0. The maximum Gasteiger partial charge on any atom is 0.300 e. The Balaban J connectivity index is 0.000000541. The molecule has 6 nitrogen and oxygen atoms in total. The van der Waals surface area contributed by atoms with Crippen molar-refractivity contribution < 1.29 is 19.4 Å². The predicted octanol–water partition coefficient (Wildman–Crippen LogP) is 1.53. The van der Waals surface area contributed by atoms with E-state index in [0.717, 1.165) is 45.8 Å². The minimum Gasteiger partial charge on any atom is -0.481 e. The molecule has 2 fully saturated rings. The molecule has 0 aliphatic heterocycles. The number of hydrogen-bond acceptors (Lipinski definition) is 4. The molecule has 2 aliphatic rings. The number of carbonyl (C=O) groups excluding carboxylic acids is 1. The van der Waals surface area contributed by atoms with Crippen LogP contribution < -0.4 is 11.1 Å². The SMILES string of the molecule is CC(=O)O.COCC1(CNC(=O)[C@@H]2CCC[C@H](N)C2)CCC1. The van der Waals surface area contributed by atoms with E-state index in [2.05, 4.69) is 5.32 Å². The van der Waals surface area contributed by atoms with Crippen LogP contribution in [0.5, 0.6) is 0 Å². The van der Waals surface area contributed by atoms with Crippen molar-refractivity contribution in [1.29, 1.82) is 0 Å². The largest absolute Gasteiger partial charge is 0.481 e. The van der Waals surface area contributed by atoms with Gasteiger partial charge in [-0.25, -0.2) is 0 Å². The van der Waals surface area contributed by atoms with Gasteiger partial charge in [0.1, 0.15) is 0 Å². The summed E-state index contributed by atoms with van der Waals surface area (Å²) in [5.74, 6) is -0.499. The van der Waals surface area contributed by atoms with Crippen molar-refractivity contribution in [2.75, 3.05) is 20.3 Å². The zero-order chi connectivity index (χ0) is 16.6. The number of hydrogen-bond donors (Lipinski definition) is 3. The fraction of sp³-hybridized carbons (Fsp3) is 0.875. The molecule has 6 heteroatoms. The van der Waals surface area contributed by atoms with E-state index >= 15 is 0 Å². The van der Waals surface area contributed by atoms with Gasteiger partial charge in [-0.2, -0.15) is 0 Å². The van der Waals surface area contributed by atoms with Crippen molar-refractivity contribution in [3.8, 4) is 0 Å². The Kier molecular flexibility index (Phi) is 7.82. The van der Waals surface area contributed by atoms with Gasteiger partial charge in [-0.15, -0.1) is 0 Å². The molecule has 2 aliphatic carbocycles. The molecule has 0 unspecified atom stereocenters. The second kappa shape index (κ2) is 9.10. The van der Waals surface area contributed by atoms with Crippen LogP contribution in [0.15, 0.2) is 0 Å². The zero-order valence-electron chi connectivity index (χ0n) is 13.8. The number of carboxylic acids is 1. The summed E-state index contributed by atoms with van der Waals surface area (Å²) in [7, 11) is 1.74. The molecule has 0 aromatic rings. The summed E-state index contributed by atoms with van der Waals surface area (Å²) in [6.07, 6.45) is 7.60. The first-order valence-corrected chi connectivity index (χ1v) is 8.10. The van der Waals surface area contributed by atoms with Crippen LogP contribution in [0.1, 0.15) is 51.9 Å². The predicted molar refractivity (Wildman–Crippen MR) is 84.4 cm³/mol. The Morgan fingerprint density at radius 3 is 2.41 bits per heavy atom. The van der Waals surface area contributed by atoms with Gasteiger partial charge in [0.05, 0.1) is 6.61 Å². The number of methoxy groups -OCH3 is 1. The molecule has 0 spiro atoms. The lowest BCUT2D eigenvalue weighted by atomic mass is 9.69. The van der Waals surface area contributed by atoms with Crippen LogP contribution in [-0.2, 0) is 14.3 Å². The Labute approximate surface area is 132 Å². The summed E-state index contributed by atoms with van der Waals surface area (Å²) in [6, 6.07) is 0.214. The van der Waals surface area contributed by atoms with Crippen molar-refractivity contribution in [1.82, 2.24) is 5.32 Å². The van der Waals surface area contributed by atoms with E-state index in [1.54, 1.807) is 7.11 Å². The monoisotopic (exact) mass is 314 g/mol. The van der Waals surface area contributed by atoms with Crippen LogP contribution in [0, 0.1) is 11.3 Å². The first kappa shape index (κ1) is 18.9. The number of carboxylic acid groups (broad SMARTS) is 1. The molecular weight excluding hydrogens is 284 g/mol. The van der Waals surface area contributed by atoms with E-state index in [9.17, 15) is 4.79 Å². The highest BCUT2D eigenvalue weighted by Gasteiger charge is 2.37. The van der Waals surface area contributed by atoms with E-state index in [0.29, 0.717) is 0 Å². The molecule has 2 atom stereocenters. The minimum atomic E-state index is -0.833. The Bertz CT molecular complexity index is 365. The summed E-state index contributed by atoms with van der Waals surface area (Å²) < 4.78 is 5.27. The molecule has 0 heterocycles. The average Bonchev–Trinajstić information content (AvgIpc) is 2.40. The number of nitrogens with two attached hydrogens (primary N) is 1. The van der Waals surface area contributed by atoms with Crippen molar-refractivity contribution in [3.63, 3.8) is 0 Å². The van der Waals surface area contributed by atoms with Gasteiger partial charge in [0.2, 0.25) is 5.91 Å². The summed E-state index contributed by atoms with van der Waals surface area (Å²) in [6.45, 7) is 2.61. The fourth-order valence-corrected chi connectivity index (χ4v) is 3.24. The zero-order valence-corrected chi connectivity index (χ0v) is 13.8. The number of ether oxygens (including phenoxy) is 1. The molecule has 2 rings (SSSR count). The Hall–Kier alpha value is -1.14. The van der Waals surface area contributed by atoms with E-state index in [1.807, 2.05) is 0 Å². The van der Waals surface area contributed by atoms with Crippen molar-refractivity contribution in [2.45, 2.75) is 57.9 Å². The third-order valence-corrected chi connectivity index (χ3v) is 4.59. The third kappa shape index (κ3) is 6.32. The quantitative estimate of drug-likeness (QED) is 0.714. The summed E-state index contributed by atoms with van der Waals surface area (Å²) in [5, 5.41) is 10.5. The Morgan fingerprint density at radius 1 is 1.32 bits per heavy atom. The smallest absolute Gasteiger partial charge is 0.300 e. The van der Waals surface area contributed by atoms with Gasteiger partial charge in [0.15, 0.2) is 0 Å². The summed E-state index contributed by atoms with van der Waals surface area (Å²) in [4.78, 5) is 21.1. The maximum atomic E-state index is 12.1. The second-order valence-corrected chi connectivity index (χ2v) is 6.65. The number of carbonyl (C=O) groups is 2. The van der Waals surface area contributed by atoms with E-state index in [1.165, 1.54) is 19.3 Å². The highest BCUT2D eigenvalue weighted by molar-refractivity contribution is 5.78. The van der Waals surface area contributed by atoms with Gasteiger partial charge in [-0.1, -0.05) is 12.8 Å². The maximum absolute atomic E-state index is 12.1. The molecule has 0 aromatic heterocycles. The van der Waals surface area contributed by atoms with Crippen LogP contribution in [0.25, 0.3) is 0 Å². The van der Waals surface area contributed by atoms with E-state index < -0.39 is 5.97 Å². The van der Waals surface area contributed by atoms with Gasteiger partial charge < -0.3 is 20.9 Å². The summed E-state index contributed by atoms with van der Waals surface area (Å²) in [5.41, 5.74) is 6.14. The molecule has 1 amide bonds. The lowest BCUT2D eigenvalue weighted by molar-refractivity contribution is -0.134. The van der Waals surface area contributed by atoms with Crippen molar-refractivity contribution in [2.24, 2.45) is 17.1 Å². The highest BCUT2D eigenvalue weighted by Crippen LogP contribution is 2.40. The van der Waals surface area contributed by atoms with Crippen LogP contribution in [0.4, 0.5) is 0 Å². The second-order valence-electron chi connectivity index (χ2n) is 6.65. The van der Waals surface area contributed by atoms with E-state index in [-0.39, 0.29) is 23.3 Å². The average molecular weight is 314 g/mol. The first-order chi connectivity index (χ1) is 10.4. The van der Waals surface area contributed by atoms with Crippen molar-refractivity contribution >= 4 is 11.9 Å². The molecule has 0 radical (unpaired) electrons. The normalized spacial score (nSPS) is 26.1. The number of aliphatic carboxylic acids is 1. The molecule has 2 saturated carbocycles. The molecule has 22 heavy (non-hydrogen) atoms. The van der Waals surface area contributed by atoms with Crippen LogP contribution in [0.2, 0.25) is 0 Å². The van der Waals surface area contributed by atoms with Crippen LogP contribution in [0.3, 0.4) is 0 Å². The van der Waals surface area contributed by atoms with Gasteiger partial charge in [-0.3, -0.25) is 9.59 Å². The molecule has 128 valence electrons. The Morgan fingerprint density at radius 2 is 1.95 bits per heavy atom. The van der Waals surface area contributed by atoms with Crippen LogP contribution in [-0.4, -0.2) is 43.3 Å². The van der Waals surface area contributed by atoms with Gasteiger partial charge in [0, 0.05) is 38.0 Å². The van der Waals surface area contributed by atoms with Gasteiger partial charge in [-0.05, 0) is 32.1 Å². The standard InChI is InChI=1S/C14H26N2O2.C2H4O2/c1-18-10-14(6-3-7-14)9-16-13(17)11-4-2-5-12(15)8-11;1-2(3)4/h11-12H,2-10,15H2,1H3,(H,16,17);1H3,(H,3,4)/t11-,12+;/m1./s1. The minimum absolute atomic E-state index is 0.133. The van der Waals surface area contributed by atoms with Gasteiger partial charge in [0.25, 0.3) is 5.97 Å². The lowest BCUT2D eigenvalue weighted by Gasteiger charge is -2.41. The van der Waals surface area contributed by atoms with Crippen molar-refractivity contribution in [3.05, 3.63) is 0 Å². The molecule has 4 N–H and O–H groups in total. The van der Waals surface area contributed by atoms with Gasteiger partial charge >= 0.3 is 0 Å². The first-order valence-electron chi connectivity index (χ1n) is 8.10. The highest BCUT2D eigenvalue weighted by atomic mass is 16.5. The lowest BCUT2D eigenvalue weighted by Crippen LogP contribution is -2.47. The number of amides is 1. The molecule has 0 bridgehead atoms. The van der Waals surface area contributed by atoms with E-state index in [4.69, 9.17) is 20.4 Å². The number of rotatable bonds is 5. The molecule has 0 saturated heterocycles. The molecule has 0 aromatic carbocycles. The van der Waals surface area contributed by atoms with Crippen LogP contribution >= 0.6 is 0 Å².